The van der Waals surface area contributed by atoms with E-state index in [2.05, 4.69) is 19.2 Å². The SMILES string of the molecule is CCCC1CCCC(NC2CCOC(C)C2)CC1. The van der Waals surface area contributed by atoms with E-state index in [1.807, 2.05) is 0 Å². The molecule has 0 spiro atoms. The lowest BCUT2D eigenvalue weighted by atomic mass is 9.95. The van der Waals surface area contributed by atoms with Crippen LogP contribution >= 0.6 is 0 Å². The Balaban J connectivity index is 1.72. The van der Waals surface area contributed by atoms with Crippen molar-refractivity contribution >= 4 is 0 Å². The summed E-state index contributed by atoms with van der Waals surface area (Å²) in [6.45, 7) is 5.48. The Morgan fingerprint density at radius 2 is 1.94 bits per heavy atom. The van der Waals surface area contributed by atoms with Crippen molar-refractivity contribution in [1.82, 2.24) is 5.32 Å². The molecule has 2 heteroatoms. The third-order valence-corrected chi connectivity index (χ3v) is 4.74. The molecule has 4 unspecified atom stereocenters. The first-order chi connectivity index (χ1) is 8.78. The largest absolute Gasteiger partial charge is 0.378 e. The molecule has 2 rings (SSSR count). The van der Waals surface area contributed by atoms with E-state index in [0.717, 1.165) is 18.6 Å². The maximum Gasteiger partial charge on any atom is 0.0561 e. The molecule has 0 amide bonds. The first-order valence-electron chi connectivity index (χ1n) is 8.15. The summed E-state index contributed by atoms with van der Waals surface area (Å²) in [7, 11) is 0. The summed E-state index contributed by atoms with van der Waals surface area (Å²) < 4.78 is 5.63. The average Bonchev–Trinajstić information content (AvgIpc) is 2.56. The normalized spacial score (nSPS) is 38.3. The highest BCUT2D eigenvalue weighted by Crippen LogP contribution is 2.27. The van der Waals surface area contributed by atoms with E-state index in [-0.39, 0.29) is 0 Å². The standard InChI is InChI=1S/C16H31NO/c1-3-5-14-6-4-7-15(9-8-14)17-16-10-11-18-13(2)12-16/h13-17H,3-12H2,1-2H3. The second kappa shape index (κ2) is 7.49. The van der Waals surface area contributed by atoms with Gasteiger partial charge in [0, 0.05) is 18.7 Å². The predicted octanol–water partition coefficient (Wildman–Crippen LogP) is 3.89. The fraction of sp³-hybridized carbons (Fsp3) is 1.00. The molecule has 1 saturated heterocycles. The maximum atomic E-state index is 5.63. The van der Waals surface area contributed by atoms with Crippen molar-refractivity contribution in [3.8, 4) is 0 Å². The van der Waals surface area contributed by atoms with Gasteiger partial charge in [0.05, 0.1) is 6.10 Å². The highest BCUT2D eigenvalue weighted by atomic mass is 16.5. The molecule has 4 atom stereocenters. The van der Waals surface area contributed by atoms with Crippen LogP contribution in [0, 0.1) is 5.92 Å². The molecule has 0 aromatic carbocycles. The molecule has 0 bridgehead atoms. The lowest BCUT2D eigenvalue weighted by Crippen LogP contribution is -2.43. The van der Waals surface area contributed by atoms with Crippen LogP contribution in [-0.4, -0.2) is 24.8 Å². The van der Waals surface area contributed by atoms with Crippen molar-refractivity contribution in [3.05, 3.63) is 0 Å². The zero-order chi connectivity index (χ0) is 12.8. The number of hydrogen-bond donors (Lipinski definition) is 1. The van der Waals surface area contributed by atoms with Crippen molar-refractivity contribution in [2.75, 3.05) is 6.61 Å². The van der Waals surface area contributed by atoms with Gasteiger partial charge in [-0.05, 0) is 44.9 Å². The molecular formula is C16H31NO. The van der Waals surface area contributed by atoms with Crippen molar-refractivity contribution in [2.45, 2.75) is 89.8 Å². The predicted molar refractivity (Wildman–Crippen MR) is 76.8 cm³/mol. The van der Waals surface area contributed by atoms with E-state index >= 15 is 0 Å². The number of nitrogens with one attached hydrogen (secondary N) is 1. The molecule has 0 aromatic heterocycles. The maximum absolute atomic E-state index is 5.63. The van der Waals surface area contributed by atoms with E-state index in [4.69, 9.17) is 4.74 Å². The van der Waals surface area contributed by atoms with Crippen LogP contribution in [0.15, 0.2) is 0 Å². The molecule has 0 aromatic rings. The Bertz CT molecular complexity index is 231. The first kappa shape index (κ1) is 14.3. The molecular weight excluding hydrogens is 222 g/mol. The molecule has 0 radical (unpaired) electrons. The van der Waals surface area contributed by atoms with E-state index < -0.39 is 0 Å². The first-order valence-corrected chi connectivity index (χ1v) is 8.15. The van der Waals surface area contributed by atoms with E-state index in [0.29, 0.717) is 12.1 Å². The van der Waals surface area contributed by atoms with Crippen LogP contribution in [0.1, 0.15) is 71.6 Å². The molecule has 1 heterocycles. The van der Waals surface area contributed by atoms with Gasteiger partial charge >= 0.3 is 0 Å². The van der Waals surface area contributed by atoms with E-state index in [9.17, 15) is 0 Å². The zero-order valence-corrected chi connectivity index (χ0v) is 12.3. The Morgan fingerprint density at radius 3 is 2.72 bits per heavy atom. The van der Waals surface area contributed by atoms with Crippen LogP contribution in [-0.2, 0) is 4.74 Å². The number of hydrogen-bond acceptors (Lipinski definition) is 2. The minimum atomic E-state index is 0.454. The van der Waals surface area contributed by atoms with Crippen molar-refractivity contribution in [1.29, 1.82) is 0 Å². The zero-order valence-electron chi connectivity index (χ0n) is 12.3. The highest BCUT2D eigenvalue weighted by molar-refractivity contribution is 4.81. The second-order valence-electron chi connectivity index (χ2n) is 6.43. The Hall–Kier alpha value is -0.0800. The van der Waals surface area contributed by atoms with Gasteiger partial charge in [0.25, 0.3) is 0 Å². The molecule has 106 valence electrons. The van der Waals surface area contributed by atoms with Gasteiger partial charge in [-0.25, -0.2) is 0 Å². The number of rotatable bonds is 4. The summed E-state index contributed by atoms with van der Waals surface area (Å²) >= 11 is 0. The van der Waals surface area contributed by atoms with Gasteiger partial charge in [-0.15, -0.1) is 0 Å². The van der Waals surface area contributed by atoms with E-state index in [1.165, 1.54) is 57.8 Å². The van der Waals surface area contributed by atoms with Gasteiger partial charge in [0.1, 0.15) is 0 Å². The molecule has 1 aliphatic carbocycles. The van der Waals surface area contributed by atoms with Crippen molar-refractivity contribution in [3.63, 3.8) is 0 Å². The van der Waals surface area contributed by atoms with Gasteiger partial charge in [0.2, 0.25) is 0 Å². The lowest BCUT2D eigenvalue weighted by Gasteiger charge is -2.31. The van der Waals surface area contributed by atoms with Gasteiger partial charge in [0.15, 0.2) is 0 Å². The second-order valence-corrected chi connectivity index (χ2v) is 6.43. The molecule has 1 saturated carbocycles. The van der Waals surface area contributed by atoms with Gasteiger partial charge in [-0.2, -0.15) is 0 Å². The quantitative estimate of drug-likeness (QED) is 0.767. The smallest absolute Gasteiger partial charge is 0.0561 e. The molecule has 2 fully saturated rings. The fourth-order valence-electron chi connectivity index (χ4n) is 3.72. The summed E-state index contributed by atoms with van der Waals surface area (Å²) in [5, 5.41) is 3.91. The third kappa shape index (κ3) is 4.55. The molecule has 2 aliphatic rings. The third-order valence-electron chi connectivity index (χ3n) is 4.74. The van der Waals surface area contributed by atoms with E-state index in [1.54, 1.807) is 0 Å². The van der Waals surface area contributed by atoms with Crippen molar-refractivity contribution < 1.29 is 4.74 Å². The van der Waals surface area contributed by atoms with Crippen LogP contribution in [0.5, 0.6) is 0 Å². The lowest BCUT2D eigenvalue weighted by molar-refractivity contribution is 0.0109. The fourth-order valence-corrected chi connectivity index (χ4v) is 3.72. The monoisotopic (exact) mass is 253 g/mol. The summed E-state index contributed by atoms with van der Waals surface area (Å²) in [6, 6.07) is 1.49. The average molecular weight is 253 g/mol. The summed E-state index contributed by atoms with van der Waals surface area (Å²) in [5.41, 5.74) is 0. The van der Waals surface area contributed by atoms with Crippen LogP contribution < -0.4 is 5.32 Å². The Morgan fingerprint density at radius 1 is 1.06 bits per heavy atom. The van der Waals surface area contributed by atoms with Crippen molar-refractivity contribution in [2.24, 2.45) is 5.92 Å². The molecule has 1 aliphatic heterocycles. The number of ether oxygens (including phenoxy) is 1. The van der Waals surface area contributed by atoms with Crippen LogP contribution in [0.3, 0.4) is 0 Å². The highest BCUT2D eigenvalue weighted by Gasteiger charge is 2.24. The van der Waals surface area contributed by atoms with Gasteiger partial charge < -0.3 is 10.1 Å². The Kier molecular flexibility index (Phi) is 5.97. The summed E-state index contributed by atoms with van der Waals surface area (Å²) in [6.07, 6.45) is 12.8. The van der Waals surface area contributed by atoms with Gasteiger partial charge in [-0.3, -0.25) is 0 Å². The van der Waals surface area contributed by atoms with Crippen LogP contribution in [0.25, 0.3) is 0 Å². The summed E-state index contributed by atoms with van der Waals surface area (Å²) in [5.74, 6) is 1.01. The summed E-state index contributed by atoms with van der Waals surface area (Å²) in [4.78, 5) is 0. The minimum absolute atomic E-state index is 0.454. The van der Waals surface area contributed by atoms with Crippen LogP contribution in [0.2, 0.25) is 0 Å². The van der Waals surface area contributed by atoms with Gasteiger partial charge in [-0.1, -0.05) is 32.6 Å². The molecule has 18 heavy (non-hydrogen) atoms. The molecule has 2 nitrogen and oxygen atoms in total. The minimum Gasteiger partial charge on any atom is -0.378 e. The Labute approximate surface area is 113 Å². The molecule has 1 N–H and O–H groups in total. The topological polar surface area (TPSA) is 21.3 Å². The van der Waals surface area contributed by atoms with Crippen LogP contribution in [0.4, 0.5) is 0 Å².